The van der Waals surface area contributed by atoms with Gasteiger partial charge in [0, 0.05) is 11.1 Å². The molecule has 2 rings (SSSR count). The Morgan fingerprint density at radius 1 is 1.39 bits per heavy atom. The van der Waals surface area contributed by atoms with Gasteiger partial charge in [-0.25, -0.2) is 0 Å². The number of halogens is 1. The van der Waals surface area contributed by atoms with Crippen LogP contribution in [0.15, 0.2) is 47.1 Å². The predicted octanol–water partition coefficient (Wildman–Crippen LogP) is 4.50. The molecule has 0 bridgehead atoms. The van der Waals surface area contributed by atoms with Crippen LogP contribution in [0.4, 0.5) is 0 Å². The molecule has 0 aromatic heterocycles. The fourth-order valence-corrected chi connectivity index (χ4v) is 2.70. The van der Waals surface area contributed by atoms with Crippen molar-refractivity contribution >= 4 is 17.4 Å². The van der Waals surface area contributed by atoms with E-state index in [9.17, 15) is 4.79 Å². The molecule has 0 N–H and O–H groups in total. The number of carbonyl (C=O) groups excluding carboxylic acids is 1. The van der Waals surface area contributed by atoms with Crippen molar-refractivity contribution in [2.45, 2.75) is 44.4 Å². The summed E-state index contributed by atoms with van der Waals surface area (Å²) in [6.07, 6.45) is 10.8. The minimum atomic E-state index is 0.0189. The summed E-state index contributed by atoms with van der Waals surface area (Å²) < 4.78 is 0. The number of ketones is 1. The molecule has 96 valence electrons. The van der Waals surface area contributed by atoms with Gasteiger partial charge in [-0.15, -0.1) is 11.6 Å². The smallest absolute Gasteiger partial charge is 0.192 e. The van der Waals surface area contributed by atoms with Gasteiger partial charge in [0.05, 0.1) is 5.38 Å². The molecule has 0 fully saturated rings. The van der Waals surface area contributed by atoms with E-state index in [-0.39, 0.29) is 11.2 Å². The first-order chi connectivity index (χ1) is 8.59. The fraction of sp³-hybridized carbons (Fsp3) is 0.438. The highest BCUT2D eigenvalue weighted by atomic mass is 35.5. The van der Waals surface area contributed by atoms with Crippen molar-refractivity contribution in [3.8, 4) is 0 Å². The molecule has 2 heteroatoms. The molecule has 0 heterocycles. The van der Waals surface area contributed by atoms with E-state index in [1.165, 1.54) is 17.6 Å². The number of Topliss-reactive ketones (excluding diaryl/α,β-unsaturated/α-hetero) is 1. The van der Waals surface area contributed by atoms with Gasteiger partial charge in [-0.1, -0.05) is 30.4 Å². The Hall–Kier alpha value is -1.08. The van der Waals surface area contributed by atoms with Crippen molar-refractivity contribution in [2.24, 2.45) is 0 Å². The molecule has 2 aliphatic carbocycles. The highest BCUT2D eigenvalue weighted by Gasteiger charge is 2.20. The maximum absolute atomic E-state index is 12.4. The van der Waals surface area contributed by atoms with Gasteiger partial charge >= 0.3 is 0 Å². The Kier molecular flexibility index (Phi) is 4.23. The molecule has 0 saturated heterocycles. The van der Waals surface area contributed by atoms with Crippen molar-refractivity contribution in [2.75, 3.05) is 0 Å². The van der Waals surface area contributed by atoms with E-state index in [2.05, 4.69) is 13.5 Å². The zero-order valence-corrected chi connectivity index (χ0v) is 11.6. The Bertz CT molecular complexity index is 465. The molecule has 0 aliphatic heterocycles. The third-order valence-corrected chi connectivity index (χ3v) is 4.02. The van der Waals surface area contributed by atoms with E-state index in [1.54, 1.807) is 0 Å². The van der Waals surface area contributed by atoms with Gasteiger partial charge in [0.15, 0.2) is 5.78 Å². The van der Waals surface area contributed by atoms with Gasteiger partial charge in [-0.3, -0.25) is 4.79 Å². The quantitative estimate of drug-likeness (QED) is 0.541. The van der Waals surface area contributed by atoms with Crippen molar-refractivity contribution in [1.82, 2.24) is 0 Å². The monoisotopic (exact) mass is 262 g/mol. The van der Waals surface area contributed by atoms with Crippen LogP contribution in [0.3, 0.4) is 0 Å². The van der Waals surface area contributed by atoms with Crippen LogP contribution < -0.4 is 0 Å². The lowest BCUT2D eigenvalue weighted by atomic mass is 9.85. The van der Waals surface area contributed by atoms with Crippen LogP contribution in [0.25, 0.3) is 0 Å². The van der Waals surface area contributed by atoms with Crippen LogP contribution in [0, 0.1) is 0 Å². The minimum Gasteiger partial charge on any atom is -0.289 e. The SMILES string of the molecule is C=C(C(=O)C1=CCC(Cl)C=C1)C1=C(C)CCCC1. The van der Waals surface area contributed by atoms with E-state index >= 15 is 0 Å². The lowest BCUT2D eigenvalue weighted by Gasteiger charge is -2.20. The van der Waals surface area contributed by atoms with E-state index in [0.29, 0.717) is 5.57 Å². The van der Waals surface area contributed by atoms with Gasteiger partial charge < -0.3 is 0 Å². The highest BCUT2D eigenvalue weighted by molar-refractivity contribution is 6.22. The van der Waals surface area contributed by atoms with Crippen LogP contribution in [0.5, 0.6) is 0 Å². The standard InChI is InChI=1S/C16H19ClO/c1-11-5-3-4-6-15(11)12(2)16(18)13-7-9-14(17)10-8-13/h7-9,14H,2-6,10H2,1H3. The average molecular weight is 263 g/mol. The van der Waals surface area contributed by atoms with Gasteiger partial charge in [0.2, 0.25) is 0 Å². The Balaban J connectivity index is 2.15. The summed E-state index contributed by atoms with van der Waals surface area (Å²) in [6.45, 7) is 6.13. The lowest BCUT2D eigenvalue weighted by Crippen LogP contribution is -2.12. The molecule has 1 unspecified atom stereocenters. The largest absolute Gasteiger partial charge is 0.289 e. The number of rotatable bonds is 3. The van der Waals surface area contributed by atoms with Crippen LogP contribution in [-0.2, 0) is 4.79 Å². The molecular weight excluding hydrogens is 244 g/mol. The Labute approximate surface area is 114 Å². The molecule has 0 amide bonds. The normalized spacial score (nSPS) is 23.9. The summed E-state index contributed by atoms with van der Waals surface area (Å²) in [7, 11) is 0. The van der Waals surface area contributed by atoms with Crippen LogP contribution in [0.1, 0.15) is 39.0 Å². The van der Waals surface area contributed by atoms with Crippen LogP contribution >= 0.6 is 11.6 Å². The third-order valence-electron chi connectivity index (χ3n) is 3.69. The summed E-state index contributed by atoms with van der Waals surface area (Å²) in [4.78, 5) is 12.4. The first-order valence-electron chi connectivity index (χ1n) is 6.54. The summed E-state index contributed by atoms with van der Waals surface area (Å²) in [5, 5.41) is 0.0189. The van der Waals surface area contributed by atoms with Gasteiger partial charge in [-0.2, -0.15) is 0 Å². The third kappa shape index (κ3) is 2.84. The first kappa shape index (κ1) is 13.4. The number of carbonyl (C=O) groups is 1. The predicted molar refractivity (Wildman–Crippen MR) is 76.8 cm³/mol. The summed E-state index contributed by atoms with van der Waals surface area (Å²) in [6, 6.07) is 0. The molecule has 0 spiro atoms. The molecule has 0 saturated carbocycles. The van der Waals surface area contributed by atoms with Gasteiger partial charge in [0.1, 0.15) is 0 Å². The molecule has 1 atom stereocenters. The first-order valence-corrected chi connectivity index (χ1v) is 6.98. The van der Waals surface area contributed by atoms with Gasteiger partial charge in [0.25, 0.3) is 0 Å². The zero-order valence-electron chi connectivity index (χ0n) is 10.8. The van der Waals surface area contributed by atoms with E-state index < -0.39 is 0 Å². The topological polar surface area (TPSA) is 17.1 Å². The molecule has 1 nitrogen and oxygen atoms in total. The second-order valence-corrected chi connectivity index (χ2v) is 5.60. The fourth-order valence-electron chi connectivity index (χ4n) is 2.54. The maximum Gasteiger partial charge on any atom is 0.192 e. The number of hydrogen-bond acceptors (Lipinski definition) is 1. The molecule has 18 heavy (non-hydrogen) atoms. The zero-order chi connectivity index (χ0) is 13.1. The summed E-state index contributed by atoms with van der Waals surface area (Å²) in [5.74, 6) is 0.0612. The molecular formula is C16H19ClO. The van der Waals surface area contributed by atoms with E-state index in [0.717, 1.165) is 31.3 Å². The van der Waals surface area contributed by atoms with E-state index in [1.807, 2.05) is 18.2 Å². The molecule has 2 aliphatic rings. The highest BCUT2D eigenvalue weighted by Crippen LogP contribution is 2.31. The average Bonchev–Trinajstić information content (AvgIpc) is 2.38. The maximum atomic E-state index is 12.4. The molecule has 0 aromatic rings. The number of hydrogen-bond donors (Lipinski definition) is 0. The van der Waals surface area contributed by atoms with E-state index in [4.69, 9.17) is 11.6 Å². The van der Waals surface area contributed by atoms with Crippen molar-refractivity contribution in [1.29, 1.82) is 0 Å². The second kappa shape index (κ2) is 5.71. The lowest BCUT2D eigenvalue weighted by molar-refractivity contribution is -0.111. The number of allylic oxidation sites excluding steroid dienone is 7. The van der Waals surface area contributed by atoms with Crippen molar-refractivity contribution in [3.05, 3.63) is 47.1 Å². The van der Waals surface area contributed by atoms with Crippen molar-refractivity contribution < 1.29 is 4.79 Å². The summed E-state index contributed by atoms with van der Waals surface area (Å²) >= 11 is 5.96. The summed E-state index contributed by atoms with van der Waals surface area (Å²) in [5.41, 5.74) is 3.92. The van der Waals surface area contributed by atoms with Crippen molar-refractivity contribution in [3.63, 3.8) is 0 Å². The molecule has 0 aromatic carbocycles. The minimum absolute atomic E-state index is 0.0189. The molecule has 0 radical (unpaired) electrons. The van der Waals surface area contributed by atoms with Crippen LogP contribution in [-0.4, -0.2) is 11.2 Å². The Morgan fingerprint density at radius 3 is 2.72 bits per heavy atom. The van der Waals surface area contributed by atoms with Gasteiger partial charge in [-0.05, 0) is 44.6 Å². The number of alkyl halides is 1. The second-order valence-electron chi connectivity index (χ2n) is 5.04. The Morgan fingerprint density at radius 2 is 2.11 bits per heavy atom. The van der Waals surface area contributed by atoms with Crippen LogP contribution in [0.2, 0.25) is 0 Å².